The number of hydrogen-bond acceptors (Lipinski definition) is 4. The molecule has 4 nitrogen and oxygen atoms in total. The molecule has 28 heavy (non-hydrogen) atoms. The Bertz CT molecular complexity index is 797. The van der Waals surface area contributed by atoms with Crippen molar-refractivity contribution in [3.05, 3.63) is 108 Å². The first-order chi connectivity index (χ1) is 13.7. The molecule has 0 aromatic heterocycles. The topological polar surface area (TPSA) is 44.8 Å². The van der Waals surface area contributed by atoms with E-state index >= 15 is 0 Å². The molecule has 0 N–H and O–H groups in total. The van der Waals surface area contributed by atoms with Crippen molar-refractivity contribution in [1.82, 2.24) is 0 Å². The van der Waals surface area contributed by atoms with Crippen molar-refractivity contribution >= 4 is 17.6 Å². The molecule has 3 aromatic carbocycles. The third kappa shape index (κ3) is 6.20. The number of carbonyl (C=O) groups is 1. The van der Waals surface area contributed by atoms with Gasteiger partial charge in [0.1, 0.15) is 0 Å². The Morgan fingerprint density at radius 1 is 0.714 bits per heavy atom. The van der Waals surface area contributed by atoms with Gasteiger partial charge in [0, 0.05) is 0 Å². The van der Waals surface area contributed by atoms with Crippen molar-refractivity contribution in [2.75, 3.05) is 0 Å². The Kier molecular flexibility index (Phi) is 7.62. The largest absolute Gasteiger partial charge is 0.437 e. The van der Waals surface area contributed by atoms with Crippen LogP contribution < -0.4 is 0 Å². The number of carbonyl (C=O) groups excluding carboxylic acids is 1. The molecule has 3 rings (SSSR count). The molecule has 0 amide bonds. The monoisotopic (exact) mass is 396 g/mol. The van der Waals surface area contributed by atoms with Crippen LogP contribution in [0.15, 0.2) is 91.0 Å². The molecule has 0 fully saturated rings. The van der Waals surface area contributed by atoms with Crippen molar-refractivity contribution in [3.63, 3.8) is 0 Å². The molecule has 0 bridgehead atoms. The molecule has 0 spiro atoms. The number of hydrogen-bond donors (Lipinski definition) is 0. The summed E-state index contributed by atoms with van der Waals surface area (Å²) in [5, 5.41) is 0. The van der Waals surface area contributed by atoms with E-state index in [1.165, 1.54) is 0 Å². The summed E-state index contributed by atoms with van der Waals surface area (Å²) in [5.74, 6) is -0.530. The van der Waals surface area contributed by atoms with E-state index in [9.17, 15) is 4.79 Å². The highest BCUT2D eigenvalue weighted by Gasteiger charge is 2.25. The van der Waals surface area contributed by atoms with Crippen LogP contribution in [-0.2, 0) is 27.4 Å². The maximum absolute atomic E-state index is 12.3. The number of rotatable bonds is 9. The van der Waals surface area contributed by atoms with Gasteiger partial charge in [-0.05, 0) is 23.3 Å². The lowest BCUT2D eigenvalue weighted by atomic mass is 10.2. The second-order valence-electron chi connectivity index (χ2n) is 6.08. The molecule has 0 saturated carbocycles. The Balaban J connectivity index is 1.64. The zero-order valence-corrected chi connectivity index (χ0v) is 16.0. The first-order valence-corrected chi connectivity index (χ1v) is 9.37. The number of halogens is 1. The zero-order valence-electron chi connectivity index (χ0n) is 15.2. The third-order valence-electron chi connectivity index (χ3n) is 3.96. The van der Waals surface area contributed by atoms with Crippen LogP contribution >= 0.6 is 11.6 Å². The Morgan fingerprint density at radius 2 is 1.14 bits per heavy atom. The summed E-state index contributed by atoms with van der Waals surface area (Å²) in [6.45, 7) is 0.568. The van der Waals surface area contributed by atoms with Crippen molar-refractivity contribution < 1.29 is 19.0 Å². The number of esters is 1. The molecule has 0 aliphatic carbocycles. The smallest absolute Gasteiger partial charge is 0.339 e. The van der Waals surface area contributed by atoms with Crippen LogP contribution in [0, 0.1) is 0 Å². The first-order valence-electron chi connectivity index (χ1n) is 8.93. The van der Waals surface area contributed by atoms with E-state index in [0.717, 1.165) is 11.1 Å². The summed E-state index contributed by atoms with van der Waals surface area (Å²) in [5.41, 5.74) is 1.25. The van der Waals surface area contributed by atoms with Gasteiger partial charge >= 0.3 is 5.97 Å². The predicted molar refractivity (Wildman–Crippen MR) is 108 cm³/mol. The molecule has 1 unspecified atom stereocenters. The normalized spacial score (nSPS) is 11.9. The molecule has 0 heterocycles. The lowest BCUT2D eigenvalue weighted by molar-refractivity contribution is -0.187. The van der Waals surface area contributed by atoms with E-state index in [1.54, 1.807) is 24.3 Å². The van der Waals surface area contributed by atoms with E-state index < -0.39 is 17.8 Å². The molecule has 0 aliphatic heterocycles. The fourth-order valence-corrected chi connectivity index (χ4v) is 2.73. The SMILES string of the molecule is O=C(OC(Cl)C(OCc1ccccc1)OCc1ccccc1)c1ccccc1. The van der Waals surface area contributed by atoms with Crippen LogP contribution in [0.4, 0.5) is 0 Å². The van der Waals surface area contributed by atoms with Gasteiger partial charge in [-0.1, -0.05) is 90.5 Å². The summed E-state index contributed by atoms with van der Waals surface area (Å²) >= 11 is 6.33. The van der Waals surface area contributed by atoms with Crippen LogP contribution in [0.2, 0.25) is 0 Å². The van der Waals surface area contributed by atoms with Gasteiger partial charge in [0.25, 0.3) is 0 Å². The van der Waals surface area contributed by atoms with Crippen LogP contribution in [0.5, 0.6) is 0 Å². The number of ether oxygens (including phenoxy) is 3. The summed E-state index contributed by atoms with van der Waals surface area (Å²) in [4.78, 5) is 12.3. The highest BCUT2D eigenvalue weighted by molar-refractivity contribution is 6.20. The summed E-state index contributed by atoms with van der Waals surface area (Å²) < 4.78 is 17.0. The second-order valence-corrected chi connectivity index (χ2v) is 6.51. The molecule has 3 aromatic rings. The van der Waals surface area contributed by atoms with Crippen molar-refractivity contribution in [2.45, 2.75) is 25.1 Å². The van der Waals surface area contributed by atoms with Crippen LogP contribution in [-0.4, -0.2) is 17.8 Å². The maximum Gasteiger partial charge on any atom is 0.339 e. The van der Waals surface area contributed by atoms with Gasteiger partial charge in [-0.25, -0.2) is 4.79 Å². The number of benzene rings is 3. The molecule has 5 heteroatoms. The first kappa shape index (κ1) is 20.1. The molecule has 1 atom stereocenters. The van der Waals surface area contributed by atoms with Crippen LogP contribution in [0.25, 0.3) is 0 Å². The quantitative estimate of drug-likeness (QED) is 0.284. The standard InChI is InChI=1S/C23H21ClO4/c24-21(28-22(25)20-14-8-3-9-15-20)23(26-16-18-10-4-1-5-11-18)27-17-19-12-6-2-7-13-19/h1-15,21,23H,16-17H2. The minimum atomic E-state index is -1.10. The Morgan fingerprint density at radius 3 is 1.61 bits per heavy atom. The molecular formula is C23H21ClO4. The molecule has 144 valence electrons. The van der Waals surface area contributed by atoms with E-state index in [0.29, 0.717) is 5.56 Å². The van der Waals surface area contributed by atoms with Gasteiger partial charge in [0.05, 0.1) is 18.8 Å². The zero-order chi connectivity index (χ0) is 19.6. The van der Waals surface area contributed by atoms with Crippen molar-refractivity contribution in [3.8, 4) is 0 Å². The average molecular weight is 397 g/mol. The molecular weight excluding hydrogens is 376 g/mol. The Labute approximate surface area is 169 Å². The highest BCUT2D eigenvalue weighted by atomic mass is 35.5. The minimum absolute atomic E-state index is 0.284. The fourth-order valence-electron chi connectivity index (χ4n) is 2.50. The van der Waals surface area contributed by atoms with Crippen LogP contribution in [0.1, 0.15) is 21.5 Å². The minimum Gasteiger partial charge on any atom is -0.437 e. The van der Waals surface area contributed by atoms with Crippen molar-refractivity contribution in [1.29, 1.82) is 0 Å². The molecule has 0 saturated heterocycles. The fraction of sp³-hybridized carbons (Fsp3) is 0.174. The number of alkyl halides is 1. The lowest BCUT2D eigenvalue weighted by Gasteiger charge is -2.23. The van der Waals surface area contributed by atoms with Gasteiger partial charge in [0.15, 0.2) is 0 Å². The highest BCUT2D eigenvalue weighted by Crippen LogP contribution is 2.17. The van der Waals surface area contributed by atoms with Gasteiger partial charge in [0.2, 0.25) is 11.9 Å². The molecule has 0 radical (unpaired) electrons. The summed E-state index contributed by atoms with van der Waals surface area (Å²) in [7, 11) is 0. The Hall–Kier alpha value is -2.66. The molecule has 0 aliphatic rings. The summed E-state index contributed by atoms with van der Waals surface area (Å²) in [6.07, 6.45) is -0.922. The van der Waals surface area contributed by atoms with Gasteiger partial charge in [-0.3, -0.25) is 0 Å². The third-order valence-corrected chi connectivity index (χ3v) is 4.25. The predicted octanol–water partition coefficient (Wildman–Crippen LogP) is 5.17. The van der Waals surface area contributed by atoms with Gasteiger partial charge in [-0.2, -0.15) is 0 Å². The van der Waals surface area contributed by atoms with Crippen molar-refractivity contribution in [2.24, 2.45) is 0 Å². The van der Waals surface area contributed by atoms with Gasteiger partial charge in [-0.15, -0.1) is 0 Å². The lowest BCUT2D eigenvalue weighted by Crippen LogP contribution is -2.32. The summed E-state index contributed by atoms with van der Waals surface area (Å²) in [6, 6.07) is 28.0. The average Bonchev–Trinajstić information content (AvgIpc) is 2.75. The van der Waals surface area contributed by atoms with E-state index in [-0.39, 0.29) is 13.2 Å². The van der Waals surface area contributed by atoms with Gasteiger partial charge < -0.3 is 14.2 Å². The van der Waals surface area contributed by atoms with E-state index in [2.05, 4.69) is 0 Å². The second kappa shape index (κ2) is 10.6. The van der Waals surface area contributed by atoms with Crippen LogP contribution in [0.3, 0.4) is 0 Å². The maximum atomic E-state index is 12.3. The van der Waals surface area contributed by atoms with E-state index in [4.69, 9.17) is 25.8 Å². The van der Waals surface area contributed by atoms with E-state index in [1.807, 2.05) is 66.7 Å².